The van der Waals surface area contributed by atoms with Gasteiger partial charge in [0.25, 0.3) is 0 Å². The number of guanidine groups is 1. The van der Waals surface area contributed by atoms with Crippen LogP contribution >= 0.6 is 24.0 Å². The number of nitrogens with two attached hydrogens (primary N) is 1. The highest BCUT2D eigenvalue weighted by molar-refractivity contribution is 14.0. The van der Waals surface area contributed by atoms with E-state index >= 15 is 0 Å². The van der Waals surface area contributed by atoms with E-state index in [1.54, 1.807) is 0 Å². The predicted molar refractivity (Wildman–Crippen MR) is 99.2 cm³/mol. The van der Waals surface area contributed by atoms with Crippen LogP contribution in [0, 0.1) is 6.92 Å². The number of anilines is 1. The van der Waals surface area contributed by atoms with Gasteiger partial charge in [-0.05, 0) is 38.0 Å². The lowest BCUT2D eigenvalue weighted by atomic mass is 10.2. The van der Waals surface area contributed by atoms with Crippen molar-refractivity contribution in [3.05, 3.63) is 29.8 Å². The number of carbonyl (C=O) groups is 1. The Hall–Kier alpha value is -1.31. The van der Waals surface area contributed by atoms with Crippen LogP contribution in [0.5, 0.6) is 0 Å². The maximum absolute atomic E-state index is 11.6. The molecule has 0 saturated carbocycles. The van der Waals surface area contributed by atoms with Crippen molar-refractivity contribution in [2.45, 2.75) is 39.7 Å². The van der Waals surface area contributed by atoms with Gasteiger partial charge in [-0.15, -0.1) is 24.0 Å². The van der Waals surface area contributed by atoms with Crippen molar-refractivity contribution in [2.75, 3.05) is 11.9 Å². The number of nitrogens with zero attached hydrogens (tertiary/aromatic N) is 1. The van der Waals surface area contributed by atoms with Gasteiger partial charge in [-0.2, -0.15) is 0 Å². The number of hydrogen-bond donors (Lipinski definition) is 3. The molecule has 0 aliphatic rings. The van der Waals surface area contributed by atoms with Gasteiger partial charge in [0.05, 0.1) is 6.54 Å². The molecule has 1 aromatic rings. The summed E-state index contributed by atoms with van der Waals surface area (Å²) in [6, 6.07) is 8.07. The van der Waals surface area contributed by atoms with Gasteiger partial charge in [-0.3, -0.25) is 9.79 Å². The van der Waals surface area contributed by atoms with Crippen LogP contribution in [-0.4, -0.2) is 24.5 Å². The third-order valence-electron chi connectivity index (χ3n) is 2.93. The van der Waals surface area contributed by atoms with Crippen LogP contribution in [0.4, 0.5) is 5.69 Å². The molecule has 6 heteroatoms. The smallest absolute Gasteiger partial charge is 0.222 e. The molecular formula is C15H25IN4O. The van der Waals surface area contributed by atoms with Crippen molar-refractivity contribution in [3.8, 4) is 0 Å². The molecular weight excluding hydrogens is 379 g/mol. The Kier molecular flexibility index (Phi) is 9.77. The zero-order valence-electron chi connectivity index (χ0n) is 12.8. The molecule has 0 aliphatic heterocycles. The summed E-state index contributed by atoms with van der Waals surface area (Å²) in [7, 11) is 0. The first-order valence-corrected chi connectivity index (χ1v) is 6.94. The van der Waals surface area contributed by atoms with Crippen molar-refractivity contribution in [3.63, 3.8) is 0 Å². The first-order chi connectivity index (χ1) is 9.51. The Bertz CT molecular complexity index is 476. The van der Waals surface area contributed by atoms with Crippen LogP contribution in [0.15, 0.2) is 29.3 Å². The maximum atomic E-state index is 11.6. The van der Waals surface area contributed by atoms with Gasteiger partial charge in [0.15, 0.2) is 5.96 Å². The van der Waals surface area contributed by atoms with Crippen molar-refractivity contribution in [1.29, 1.82) is 0 Å². The van der Waals surface area contributed by atoms with Crippen LogP contribution in [0.1, 0.15) is 32.3 Å². The number of rotatable bonds is 6. The number of aliphatic imine (C=N–C) groups is 1. The molecule has 5 nitrogen and oxygen atoms in total. The minimum atomic E-state index is 0. The van der Waals surface area contributed by atoms with Crippen molar-refractivity contribution in [2.24, 2.45) is 10.7 Å². The molecule has 0 fully saturated rings. The standard InChI is InChI=1S/C15H24N4O.HI/c1-4-12(3)18-14(20)8-9-17-15(16)19-13-7-5-6-11(2)10-13;/h5-7,10,12H,4,8-9H2,1-3H3,(H,18,20)(H3,16,17,19);1H. The van der Waals surface area contributed by atoms with E-state index in [0.29, 0.717) is 18.9 Å². The number of benzene rings is 1. The second-order valence-electron chi connectivity index (χ2n) is 4.89. The lowest BCUT2D eigenvalue weighted by Crippen LogP contribution is -2.32. The fourth-order valence-electron chi connectivity index (χ4n) is 1.64. The lowest BCUT2D eigenvalue weighted by Gasteiger charge is -2.10. The topological polar surface area (TPSA) is 79.5 Å². The van der Waals surface area contributed by atoms with Crippen LogP contribution < -0.4 is 16.4 Å². The SMILES string of the molecule is CCC(C)NC(=O)CCN=C(N)Nc1cccc(C)c1.I. The number of carbonyl (C=O) groups excluding carboxylic acids is 1. The van der Waals surface area contributed by atoms with Gasteiger partial charge >= 0.3 is 0 Å². The van der Waals surface area contributed by atoms with E-state index in [1.807, 2.05) is 45.0 Å². The van der Waals surface area contributed by atoms with Gasteiger partial charge in [-0.25, -0.2) is 0 Å². The zero-order valence-corrected chi connectivity index (χ0v) is 15.2. The molecule has 1 aromatic carbocycles. The monoisotopic (exact) mass is 404 g/mol. The average Bonchev–Trinajstić information content (AvgIpc) is 2.38. The Morgan fingerprint density at radius 1 is 1.43 bits per heavy atom. The molecule has 0 aromatic heterocycles. The van der Waals surface area contributed by atoms with Gasteiger partial charge in [-0.1, -0.05) is 19.1 Å². The third-order valence-corrected chi connectivity index (χ3v) is 2.93. The van der Waals surface area contributed by atoms with Gasteiger partial charge in [0.2, 0.25) is 5.91 Å². The normalized spacial score (nSPS) is 12.2. The zero-order chi connectivity index (χ0) is 15.0. The lowest BCUT2D eigenvalue weighted by molar-refractivity contribution is -0.121. The largest absolute Gasteiger partial charge is 0.370 e. The molecule has 1 atom stereocenters. The maximum Gasteiger partial charge on any atom is 0.222 e. The minimum Gasteiger partial charge on any atom is -0.370 e. The van der Waals surface area contributed by atoms with E-state index in [0.717, 1.165) is 17.7 Å². The molecule has 0 spiro atoms. The Labute approximate surface area is 143 Å². The Morgan fingerprint density at radius 2 is 2.14 bits per heavy atom. The average molecular weight is 404 g/mol. The molecule has 0 radical (unpaired) electrons. The molecule has 21 heavy (non-hydrogen) atoms. The van der Waals surface area contributed by atoms with E-state index in [1.165, 1.54) is 0 Å². The van der Waals surface area contributed by atoms with Gasteiger partial charge in [0, 0.05) is 18.2 Å². The molecule has 0 bridgehead atoms. The summed E-state index contributed by atoms with van der Waals surface area (Å²) >= 11 is 0. The number of nitrogens with one attached hydrogen (secondary N) is 2. The molecule has 1 rings (SSSR count). The second-order valence-corrected chi connectivity index (χ2v) is 4.89. The fraction of sp³-hybridized carbons (Fsp3) is 0.467. The third kappa shape index (κ3) is 8.54. The van der Waals surface area contributed by atoms with Crippen molar-refractivity contribution >= 4 is 41.5 Å². The van der Waals surface area contributed by atoms with Crippen LogP contribution in [0.3, 0.4) is 0 Å². The molecule has 4 N–H and O–H groups in total. The second kappa shape index (κ2) is 10.4. The van der Waals surface area contributed by atoms with Crippen molar-refractivity contribution in [1.82, 2.24) is 5.32 Å². The van der Waals surface area contributed by atoms with Crippen molar-refractivity contribution < 1.29 is 4.79 Å². The highest BCUT2D eigenvalue weighted by Gasteiger charge is 2.04. The Morgan fingerprint density at radius 3 is 2.76 bits per heavy atom. The number of aryl methyl sites for hydroxylation is 1. The van der Waals surface area contributed by atoms with E-state index in [2.05, 4.69) is 15.6 Å². The van der Waals surface area contributed by atoms with Gasteiger partial charge in [0.1, 0.15) is 0 Å². The summed E-state index contributed by atoms with van der Waals surface area (Å²) < 4.78 is 0. The summed E-state index contributed by atoms with van der Waals surface area (Å²) in [5, 5.41) is 5.90. The summed E-state index contributed by atoms with van der Waals surface area (Å²) in [5.74, 6) is 0.332. The summed E-state index contributed by atoms with van der Waals surface area (Å²) in [6.07, 6.45) is 1.27. The van der Waals surface area contributed by atoms with E-state index in [9.17, 15) is 4.79 Å². The van der Waals surface area contributed by atoms with Crippen LogP contribution in [0.25, 0.3) is 0 Å². The fourth-order valence-corrected chi connectivity index (χ4v) is 1.64. The van der Waals surface area contributed by atoms with E-state index in [-0.39, 0.29) is 35.9 Å². The molecule has 0 saturated heterocycles. The summed E-state index contributed by atoms with van der Waals surface area (Å²) in [5.41, 5.74) is 7.82. The van der Waals surface area contributed by atoms with E-state index in [4.69, 9.17) is 5.73 Å². The molecule has 118 valence electrons. The van der Waals surface area contributed by atoms with E-state index < -0.39 is 0 Å². The quantitative estimate of drug-likeness (QED) is 0.388. The molecule has 1 amide bonds. The summed E-state index contributed by atoms with van der Waals surface area (Å²) in [6.45, 7) is 6.41. The summed E-state index contributed by atoms with van der Waals surface area (Å²) in [4.78, 5) is 15.7. The number of hydrogen-bond acceptors (Lipinski definition) is 2. The van der Waals surface area contributed by atoms with Crippen LogP contribution in [0.2, 0.25) is 0 Å². The molecule has 0 aliphatic carbocycles. The van der Waals surface area contributed by atoms with Gasteiger partial charge < -0.3 is 16.4 Å². The number of amides is 1. The molecule has 0 heterocycles. The number of halogens is 1. The molecule has 1 unspecified atom stereocenters. The predicted octanol–water partition coefficient (Wildman–Crippen LogP) is 2.64. The Balaban J connectivity index is 0.00000400. The highest BCUT2D eigenvalue weighted by atomic mass is 127. The first-order valence-electron chi connectivity index (χ1n) is 6.94. The first kappa shape index (κ1) is 19.7. The van der Waals surface area contributed by atoms with Crippen LogP contribution in [-0.2, 0) is 4.79 Å². The minimum absolute atomic E-state index is 0. The highest BCUT2D eigenvalue weighted by Crippen LogP contribution is 2.08.